The van der Waals surface area contributed by atoms with Gasteiger partial charge < -0.3 is 9.64 Å². The number of hydrogen-bond donors (Lipinski definition) is 0. The van der Waals surface area contributed by atoms with E-state index in [1.807, 2.05) is 18.7 Å². The average Bonchev–Trinajstić information content (AvgIpc) is 2.80. The Kier molecular flexibility index (Phi) is 3.19. The van der Waals surface area contributed by atoms with Crippen LogP contribution in [0.15, 0.2) is 12.7 Å². The molecule has 0 N–H and O–H groups in total. The number of nitrogens with zero attached hydrogens (tertiary/aromatic N) is 4. The second-order valence-electron chi connectivity index (χ2n) is 4.02. The third-order valence-electron chi connectivity index (χ3n) is 2.74. The first kappa shape index (κ1) is 11.1. The molecule has 0 radical (unpaired) electrons. The minimum Gasteiger partial charge on any atom is -0.375 e. The summed E-state index contributed by atoms with van der Waals surface area (Å²) >= 11 is 0. The Balaban J connectivity index is 2.01. The first-order valence-electron chi connectivity index (χ1n) is 5.43. The van der Waals surface area contributed by atoms with E-state index in [0.29, 0.717) is 19.7 Å². The van der Waals surface area contributed by atoms with Crippen molar-refractivity contribution in [3.8, 4) is 0 Å². The van der Waals surface area contributed by atoms with E-state index in [1.54, 1.807) is 11.0 Å². The molecular formula is C10H16N4O2. The highest BCUT2D eigenvalue weighted by Gasteiger charge is 2.26. The first-order valence-corrected chi connectivity index (χ1v) is 5.43. The van der Waals surface area contributed by atoms with Crippen LogP contribution in [0.3, 0.4) is 0 Å². The molecule has 0 unspecified atom stereocenters. The van der Waals surface area contributed by atoms with Crippen molar-refractivity contribution >= 4 is 5.91 Å². The van der Waals surface area contributed by atoms with Crippen LogP contribution in [0.1, 0.15) is 19.9 Å². The van der Waals surface area contributed by atoms with Crippen molar-refractivity contribution in [2.45, 2.75) is 26.0 Å². The summed E-state index contributed by atoms with van der Waals surface area (Å²) < 4.78 is 6.97. The van der Waals surface area contributed by atoms with Gasteiger partial charge >= 0.3 is 0 Å². The van der Waals surface area contributed by atoms with Crippen molar-refractivity contribution in [3.05, 3.63) is 12.7 Å². The number of carbonyl (C=O) groups excluding carboxylic acids is 1. The minimum atomic E-state index is -0.298. The smallest absolute Gasteiger partial charge is 0.247 e. The summed E-state index contributed by atoms with van der Waals surface area (Å²) in [5.74, 6) is 0.0700. The molecule has 2 atom stereocenters. The molecule has 2 rings (SSSR count). The quantitative estimate of drug-likeness (QED) is 0.714. The predicted octanol–water partition coefficient (Wildman–Crippen LogP) is 0.0864. The van der Waals surface area contributed by atoms with Crippen LogP contribution in [-0.4, -0.2) is 51.4 Å². The van der Waals surface area contributed by atoms with Gasteiger partial charge in [-0.3, -0.25) is 4.79 Å². The molecule has 0 aliphatic carbocycles. The zero-order valence-corrected chi connectivity index (χ0v) is 9.54. The maximum Gasteiger partial charge on any atom is 0.247 e. The van der Waals surface area contributed by atoms with Gasteiger partial charge in [-0.05, 0) is 13.8 Å². The monoisotopic (exact) mass is 224 g/mol. The fraction of sp³-hybridized carbons (Fsp3) is 0.700. The molecule has 1 saturated heterocycles. The van der Waals surface area contributed by atoms with E-state index >= 15 is 0 Å². The number of aromatic nitrogens is 3. The molecular weight excluding hydrogens is 208 g/mol. The van der Waals surface area contributed by atoms with Gasteiger partial charge in [-0.15, -0.1) is 0 Å². The minimum absolute atomic E-state index is 0.0700. The van der Waals surface area contributed by atoms with E-state index in [1.165, 1.54) is 6.33 Å². The molecule has 1 aromatic heterocycles. The van der Waals surface area contributed by atoms with Gasteiger partial charge in [-0.25, -0.2) is 9.67 Å². The van der Waals surface area contributed by atoms with Gasteiger partial charge in [-0.1, -0.05) is 0 Å². The van der Waals surface area contributed by atoms with Crippen LogP contribution in [0.25, 0.3) is 0 Å². The SMILES string of the molecule is C[C@@H]1CN(C(=O)[C@H](C)n2cncn2)CCO1. The highest BCUT2D eigenvalue weighted by Crippen LogP contribution is 2.12. The predicted molar refractivity (Wildman–Crippen MR) is 56.7 cm³/mol. The number of ether oxygens (including phenoxy) is 1. The van der Waals surface area contributed by atoms with Crippen LogP contribution < -0.4 is 0 Å². The Bertz CT molecular complexity index is 352. The zero-order valence-electron chi connectivity index (χ0n) is 9.54. The average molecular weight is 224 g/mol. The van der Waals surface area contributed by atoms with E-state index in [4.69, 9.17) is 4.74 Å². The largest absolute Gasteiger partial charge is 0.375 e. The summed E-state index contributed by atoms with van der Waals surface area (Å²) in [4.78, 5) is 17.8. The molecule has 6 heteroatoms. The number of carbonyl (C=O) groups is 1. The van der Waals surface area contributed by atoms with E-state index in [2.05, 4.69) is 10.1 Å². The summed E-state index contributed by atoms with van der Waals surface area (Å²) in [6, 6.07) is -0.298. The Hall–Kier alpha value is -1.43. The van der Waals surface area contributed by atoms with E-state index in [-0.39, 0.29) is 18.1 Å². The molecule has 1 amide bonds. The van der Waals surface area contributed by atoms with Gasteiger partial charge in [-0.2, -0.15) is 5.10 Å². The molecule has 1 fully saturated rings. The molecule has 16 heavy (non-hydrogen) atoms. The van der Waals surface area contributed by atoms with Crippen LogP contribution >= 0.6 is 0 Å². The van der Waals surface area contributed by atoms with Crippen LogP contribution in [0.2, 0.25) is 0 Å². The third kappa shape index (κ3) is 2.21. The number of morpholine rings is 1. The van der Waals surface area contributed by atoms with E-state index in [0.717, 1.165) is 0 Å². The van der Waals surface area contributed by atoms with E-state index < -0.39 is 0 Å². The normalized spacial score (nSPS) is 23.1. The van der Waals surface area contributed by atoms with E-state index in [9.17, 15) is 4.79 Å². The molecule has 0 saturated carbocycles. The standard InChI is InChI=1S/C10H16N4O2/c1-8-5-13(3-4-16-8)10(15)9(2)14-7-11-6-12-14/h6-9H,3-5H2,1-2H3/t8-,9+/m1/s1. The van der Waals surface area contributed by atoms with Gasteiger partial charge in [0.05, 0.1) is 12.7 Å². The lowest BCUT2D eigenvalue weighted by Crippen LogP contribution is -2.46. The number of amides is 1. The van der Waals surface area contributed by atoms with Crippen molar-refractivity contribution in [1.82, 2.24) is 19.7 Å². The second kappa shape index (κ2) is 4.61. The molecule has 1 aliphatic heterocycles. The summed E-state index contributed by atoms with van der Waals surface area (Å²) in [5.41, 5.74) is 0. The maximum absolute atomic E-state index is 12.1. The summed E-state index contributed by atoms with van der Waals surface area (Å²) in [5, 5.41) is 3.98. The highest BCUT2D eigenvalue weighted by atomic mass is 16.5. The fourth-order valence-electron chi connectivity index (χ4n) is 1.81. The van der Waals surface area contributed by atoms with Crippen molar-refractivity contribution in [1.29, 1.82) is 0 Å². The van der Waals surface area contributed by atoms with Crippen LogP contribution in [-0.2, 0) is 9.53 Å². The first-order chi connectivity index (χ1) is 7.68. The van der Waals surface area contributed by atoms with Gasteiger partial charge in [0.1, 0.15) is 18.7 Å². The number of hydrogen-bond acceptors (Lipinski definition) is 4. The summed E-state index contributed by atoms with van der Waals surface area (Å²) in [6.07, 6.45) is 3.11. The van der Waals surface area contributed by atoms with Crippen molar-refractivity contribution in [3.63, 3.8) is 0 Å². The molecule has 0 bridgehead atoms. The second-order valence-corrected chi connectivity index (χ2v) is 4.02. The molecule has 88 valence electrons. The van der Waals surface area contributed by atoms with Gasteiger partial charge in [0, 0.05) is 13.1 Å². The summed E-state index contributed by atoms with van der Waals surface area (Å²) in [6.45, 7) is 5.72. The molecule has 1 aliphatic rings. The Labute approximate surface area is 94.2 Å². The molecule has 0 aromatic carbocycles. The lowest BCUT2D eigenvalue weighted by molar-refractivity contribution is -0.141. The van der Waals surface area contributed by atoms with Gasteiger partial charge in [0.15, 0.2) is 0 Å². The number of rotatable bonds is 2. The topological polar surface area (TPSA) is 60.2 Å². The fourth-order valence-corrected chi connectivity index (χ4v) is 1.81. The molecule has 2 heterocycles. The van der Waals surface area contributed by atoms with Crippen molar-refractivity contribution in [2.75, 3.05) is 19.7 Å². The van der Waals surface area contributed by atoms with Gasteiger partial charge in [0.2, 0.25) is 5.91 Å². The van der Waals surface area contributed by atoms with Crippen LogP contribution in [0.4, 0.5) is 0 Å². The van der Waals surface area contributed by atoms with Gasteiger partial charge in [0.25, 0.3) is 0 Å². The third-order valence-corrected chi connectivity index (χ3v) is 2.74. The Morgan fingerprint density at radius 1 is 1.62 bits per heavy atom. The van der Waals surface area contributed by atoms with Crippen LogP contribution in [0, 0.1) is 0 Å². The lowest BCUT2D eigenvalue weighted by atomic mass is 10.2. The Morgan fingerprint density at radius 3 is 3.06 bits per heavy atom. The van der Waals surface area contributed by atoms with Crippen molar-refractivity contribution in [2.24, 2.45) is 0 Å². The highest BCUT2D eigenvalue weighted by molar-refractivity contribution is 5.80. The van der Waals surface area contributed by atoms with Crippen molar-refractivity contribution < 1.29 is 9.53 Å². The summed E-state index contributed by atoms with van der Waals surface area (Å²) in [7, 11) is 0. The lowest BCUT2D eigenvalue weighted by Gasteiger charge is -2.32. The molecule has 0 spiro atoms. The zero-order chi connectivity index (χ0) is 11.5. The van der Waals surface area contributed by atoms with Crippen LogP contribution in [0.5, 0.6) is 0 Å². The maximum atomic E-state index is 12.1. The Morgan fingerprint density at radius 2 is 2.44 bits per heavy atom. The molecule has 1 aromatic rings. The molecule has 6 nitrogen and oxygen atoms in total.